The summed E-state index contributed by atoms with van der Waals surface area (Å²) < 4.78 is 2.77. The first-order valence-electron chi connectivity index (χ1n) is 7.37. The molecule has 0 saturated heterocycles. The van der Waals surface area contributed by atoms with E-state index in [1.807, 2.05) is 36.4 Å². The van der Waals surface area contributed by atoms with Crippen LogP contribution in [0.4, 0.5) is 0 Å². The Bertz CT molecular complexity index is 943. The van der Waals surface area contributed by atoms with Crippen molar-refractivity contribution in [2.45, 2.75) is 6.54 Å². The molecule has 0 aliphatic rings. The van der Waals surface area contributed by atoms with Crippen molar-refractivity contribution < 1.29 is 4.79 Å². The van der Waals surface area contributed by atoms with E-state index in [9.17, 15) is 4.79 Å². The van der Waals surface area contributed by atoms with Crippen LogP contribution in [0.15, 0.2) is 61.2 Å². The second kappa shape index (κ2) is 6.21. The molecule has 1 N–H and O–H groups in total. The molecule has 7 heteroatoms. The molecule has 0 spiro atoms. The van der Waals surface area contributed by atoms with Crippen LogP contribution in [0.1, 0.15) is 15.4 Å². The van der Waals surface area contributed by atoms with Crippen LogP contribution < -0.4 is 5.32 Å². The lowest BCUT2D eigenvalue weighted by Gasteiger charge is -2.05. The SMILES string of the molecule is O=C(NCc1nc2ccccc2s1)c1ccc(-n2cncn2)cc1. The van der Waals surface area contributed by atoms with Gasteiger partial charge in [0, 0.05) is 5.56 Å². The molecular weight excluding hydrogens is 322 g/mol. The first-order chi connectivity index (χ1) is 11.8. The summed E-state index contributed by atoms with van der Waals surface area (Å²) in [5.74, 6) is -0.126. The first kappa shape index (κ1) is 14.5. The molecule has 0 fully saturated rings. The van der Waals surface area contributed by atoms with E-state index in [-0.39, 0.29) is 5.91 Å². The maximum atomic E-state index is 12.3. The number of hydrogen-bond donors (Lipinski definition) is 1. The fourth-order valence-corrected chi connectivity index (χ4v) is 3.27. The van der Waals surface area contributed by atoms with Crippen molar-refractivity contribution in [3.05, 3.63) is 71.8 Å². The highest BCUT2D eigenvalue weighted by atomic mass is 32.1. The van der Waals surface area contributed by atoms with Gasteiger partial charge in [-0.1, -0.05) is 12.1 Å². The predicted molar refractivity (Wildman–Crippen MR) is 92.1 cm³/mol. The Balaban J connectivity index is 1.44. The van der Waals surface area contributed by atoms with E-state index in [1.165, 1.54) is 6.33 Å². The van der Waals surface area contributed by atoms with Gasteiger partial charge in [-0.05, 0) is 36.4 Å². The number of para-hydroxylation sites is 1. The number of rotatable bonds is 4. The molecule has 0 aliphatic carbocycles. The molecule has 4 aromatic rings. The number of carbonyl (C=O) groups excluding carboxylic acids is 1. The minimum absolute atomic E-state index is 0.126. The van der Waals surface area contributed by atoms with Gasteiger partial charge in [-0.15, -0.1) is 11.3 Å². The molecule has 2 heterocycles. The molecule has 4 rings (SSSR count). The van der Waals surface area contributed by atoms with Crippen LogP contribution in [0.2, 0.25) is 0 Å². The highest BCUT2D eigenvalue weighted by molar-refractivity contribution is 7.18. The summed E-state index contributed by atoms with van der Waals surface area (Å²) in [6.45, 7) is 0.420. The second-order valence-corrected chi connectivity index (χ2v) is 6.26. The van der Waals surface area contributed by atoms with E-state index >= 15 is 0 Å². The average Bonchev–Trinajstić information content (AvgIpc) is 3.29. The first-order valence-corrected chi connectivity index (χ1v) is 8.19. The van der Waals surface area contributed by atoms with Crippen molar-refractivity contribution in [2.24, 2.45) is 0 Å². The van der Waals surface area contributed by atoms with Crippen molar-refractivity contribution in [1.82, 2.24) is 25.1 Å². The number of carbonyl (C=O) groups is 1. The van der Waals surface area contributed by atoms with Crippen LogP contribution in [-0.2, 0) is 6.54 Å². The molecule has 1 amide bonds. The number of hydrogen-bond acceptors (Lipinski definition) is 5. The largest absolute Gasteiger partial charge is 0.346 e. The Labute approximate surface area is 141 Å². The monoisotopic (exact) mass is 335 g/mol. The topological polar surface area (TPSA) is 72.7 Å². The summed E-state index contributed by atoms with van der Waals surface area (Å²) >= 11 is 1.59. The molecule has 24 heavy (non-hydrogen) atoms. The number of thiazole rings is 1. The second-order valence-electron chi connectivity index (χ2n) is 5.14. The third-order valence-corrected chi connectivity index (χ3v) is 4.59. The van der Waals surface area contributed by atoms with Gasteiger partial charge in [0.25, 0.3) is 5.91 Å². The zero-order valence-electron chi connectivity index (χ0n) is 12.6. The molecule has 2 aromatic heterocycles. The van der Waals surface area contributed by atoms with Gasteiger partial charge in [-0.2, -0.15) is 5.10 Å². The van der Waals surface area contributed by atoms with Crippen molar-refractivity contribution in [3.63, 3.8) is 0 Å². The van der Waals surface area contributed by atoms with Gasteiger partial charge in [-0.25, -0.2) is 14.6 Å². The van der Waals surface area contributed by atoms with Gasteiger partial charge in [0.1, 0.15) is 17.7 Å². The fraction of sp³-hybridized carbons (Fsp3) is 0.0588. The Kier molecular flexibility index (Phi) is 3.76. The fourth-order valence-electron chi connectivity index (χ4n) is 2.36. The molecule has 118 valence electrons. The quantitative estimate of drug-likeness (QED) is 0.622. The lowest BCUT2D eigenvalue weighted by Crippen LogP contribution is -2.22. The standard InChI is InChI=1S/C17H13N5OS/c23-17(12-5-7-13(8-6-12)22-11-18-10-20-22)19-9-16-21-14-3-1-2-4-15(14)24-16/h1-8,10-11H,9H2,(H,19,23). The van der Waals surface area contributed by atoms with E-state index in [1.54, 1.807) is 34.5 Å². The van der Waals surface area contributed by atoms with Gasteiger partial charge in [-0.3, -0.25) is 4.79 Å². The number of amides is 1. The predicted octanol–water partition coefficient (Wildman–Crippen LogP) is 2.81. The number of aromatic nitrogens is 4. The smallest absolute Gasteiger partial charge is 0.251 e. The molecule has 6 nitrogen and oxygen atoms in total. The maximum absolute atomic E-state index is 12.3. The Hall–Kier alpha value is -3.06. The lowest BCUT2D eigenvalue weighted by molar-refractivity contribution is 0.0951. The highest BCUT2D eigenvalue weighted by Gasteiger charge is 2.08. The minimum Gasteiger partial charge on any atom is -0.346 e. The van der Waals surface area contributed by atoms with Gasteiger partial charge in [0.05, 0.1) is 22.4 Å². The van der Waals surface area contributed by atoms with Crippen LogP contribution in [0, 0.1) is 0 Å². The summed E-state index contributed by atoms with van der Waals surface area (Å²) in [4.78, 5) is 20.7. The van der Waals surface area contributed by atoms with E-state index in [2.05, 4.69) is 20.4 Å². The van der Waals surface area contributed by atoms with Gasteiger partial charge >= 0.3 is 0 Å². The lowest BCUT2D eigenvalue weighted by atomic mass is 10.2. The number of benzene rings is 2. The summed E-state index contributed by atoms with van der Waals surface area (Å²) in [7, 11) is 0. The Morgan fingerprint density at radius 3 is 2.71 bits per heavy atom. The van der Waals surface area contributed by atoms with E-state index in [4.69, 9.17) is 0 Å². The van der Waals surface area contributed by atoms with Crippen LogP contribution in [0.5, 0.6) is 0 Å². The normalized spacial score (nSPS) is 10.8. The van der Waals surface area contributed by atoms with E-state index in [0.717, 1.165) is 20.9 Å². The van der Waals surface area contributed by atoms with Crippen molar-refractivity contribution in [2.75, 3.05) is 0 Å². The molecule has 0 saturated carbocycles. The van der Waals surface area contributed by atoms with Crippen LogP contribution in [-0.4, -0.2) is 25.7 Å². The summed E-state index contributed by atoms with van der Waals surface area (Å²) in [6.07, 6.45) is 3.08. The minimum atomic E-state index is -0.126. The van der Waals surface area contributed by atoms with Gasteiger partial charge < -0.3 is 5.32 Å². The van der Waals surface area contributed by atoms with Gasteiger partial charge in [0.15, 0.2) is 0 Å². The maximum Gasteiger partial charge on any atom is 0.251 e. The highest BCUT2D eigenvalue weighted by Crippen LogP contribution is 2.21. The average molecular weight is 335 g/mol. The van der Waals surface area contributed by atoms with Crippen LogP contribution >= 0.6 is 11.3 Å². The summed E-state index contributed by atoms with van der Waals surface area (Å²) in [6, 6.07) is 15.2. The summed E-state index contributed by atoms with van der Waals surface area (Å²) in [5.41, 5.74) is 2.42. The van der Waals surface area contributed by atoms with Crippen molar-refractivity contribution >= 4 is 27.5 Å². The Morgan fingerprint density at radius 2 is 1.96 bits per heavy atom. The molecule has 0 atom stereocenters. The third kappa shape index (κ3) is 2.89. The molecule has 0 bridgehead atoms. The van der Waals surface area contributed by atoms with Crippen molar-refractivity contribution in [1.29, 1.82) is 0 Å². The molecule has 0 aliphatic heterocycles. The molecule has 0 unspecified atom stereocenters. The zero-order valence-corrected chi connectivity index (χ0v) is 13.4. The molecular formula is C17H13N5OS. The van der Waals surface area contributed by atoms with Crippen LogP contribution in [0.25, 0.3) is 15.9 Å². The number of nitrogens with zero attached hydrogens (tertiary/aromatic N) is 4. The Morgan fingerprint density at radius 1 is 1.12 bits per heavy atom. The molecule has 2 aromatic carbocycles. The van der Waals surface area contributed by atoms with E-state index < -0.39 is 0 Å². The number of nitrogens with one attached hydrogen (secondary N) is 1. The van der Waals surface area contributed by atoms with Crippen LogP contribution in [0.3, 0.4) is 0 Å². The van der Waals surface area contributed by atoms with Crippen molar-refractivity contribution in [3.8, 4) is 5.69 Å². The third-order valence-electron chi connectivity index (χ3n) is 3.55. The van der Waals surface area contributed by atoms with E-state index in [0.29, 0.717) is 12.1 Å². The zero-order chi connectivity index (χ0) is 16.4. The summed E-state index contributed by atoms with van der Waals surface area (Å²) in [5, 5.41) is 7.85. The van der Waals surface area contributed by atoms with Gasteiger partial charge in [0.2, 0.25) is 0 Å². The number of fused-ring (bicyclic) bond motifs is 1. The molecule has 0 radical (unpaired) electrons.